The molecule has 1 aliphatic rings. The number of guanidine groups is 1. The highest BCUT2D eigenvalue weighted by atomic mass is 16.5. The lowest BCUT2D eigenvalue weighted by atomic mass is 10.1. The highest BCUT2D eigenvalue weighted by molar-refractivity contribution is 5.80. The van der Waals surface area contributed by atoms with Crippen molar-refractivity contribution in [2.45, 2.75) is 31.9 Å². The maximum absolute atomic E-state index is 10.7. The van der Waals surface area contributed by atoms with Crippen LogP contribution in [-0.4, -0.2) is 69.0 Å². The first-order chi connectivity index (χ1) is 13.6. The number of rotatable bonds is 9. The molecule has 1 saturated heterocycles. The van der Waals surface area contributed by atoms with Crippen LogP contribution in [0.4, 0.5) is 0 Å². The Balaban J connectivity index is 1.99. The molecule has 1 aromatic rings. The van der Waals surface area contributed by atoms with E-state index in [1.54, 1.807) is 26.4 Å². The van der Waals surface area contributed by atoms with E-state index in [4.69, 9.17) is 9.47 Å². The molecule has 1 fully saturated rings. The quantitative estimate of drug-likeness (QED) is 0.340. The largest absolute Gasteiger partial charge is 0.497 e. The van der Waals surface area contributed by atoms with Crippen LogP contribution in [0.3, 0.4) is 0 Å². The first kappa shape index (κ1) is 22.0. The molecule has 7 heteroatoms. The zero-order chi connectivity index (χ0) is 20.4. The summed E-state index contributed by atoms with van der Waals surface area (Å²) in [6.07, 6.45) is 3.29. The van der Waals surface area contributed by atoms with Gasteiger partial charge in [0.2, 0.25) is 0 Å². The van der Waals surface area contributed by atoms with Crippen molar-refractivity contribution in [3.8, 4) is 11.5 Å². The van der Waals surface area contributed by atoms with Gasteiger partial charge in [0.25, 0.3) is 0 Å². The molecule has 1 atom stereocenters. The zero-order valence-corrected chi connectivity index (χ0v) is 17.3. The van der Waals surface area contributed by atoms with Gasteiger partial charge in [-0.15, -0.1) is 6.58 Å². The maximum atomic E-state index is 10.7. The summed E-state index contributed by atoms with van der Waals surface area (Å²) in [4.78, 5) is 6.99. The number of aliphatic hydroxyl groups excluding tert-OH is 1. The number of aliphatic imine (C=N–C) groups is 1. The van der Waals surface area contributed by atoms with Gasteiger partial charge in [-0.3, -0.25) is 9.89 Å². The molecule has 0 spiro atoms. The maximum Gasteiger partial charge on any atom is 0.191 e. The molecule has 1 heterocycles. The van der Waals surface area contributed by atoms with E-state index >= 15 is 0 Å². The summed E-state index contributed by atoms with van der Waals surface area (Å²) in [5.74, 6) is 2.02. The van der Waals surface area contributed by atoms with Crippen LogP contribution in [0.15, 0.2) is 35.8 Å². The molecule has 28 heavy (non-hydrogen) atoms. The van der Waals surface area contributed by atoms with Crippen LogP contribution in [0.25, 0.3) is 0 Å². The SMILES string of the molecule is C=CCN1CCC(NC(=NCC(O)c2cc(OC)ccc2OC)NCC)CC1. The Morgan fingerprint density at radius 3 is 2.71 bits per heavy atom. The van der Waals surface area contributed by atoms with Gasteiger partial charge >= 0.3 is 0 Å². The topological polar surface area (TPSA) is 78.4 Å². The number of methoxy groups -OCH3 is 2. The molecule has 0 aromatic heterocycles. The Hall–Kier alpha value is -2.25. The number of benzene rings is 1. The van der Waals surface area contributed by atoms with E-state index in [-0.39, 0.29) is 6.54 Å². The van der Waals surface area contributed by atoms with Crippen LogP contribution >= 0.6 is 0 Å². The summed E-state index contributed by atoms with van der Waals surface area (Å²) >= 11 is 0. The third-order valence-electron chi connectivity index (χ3n) is 4.88. The summed E-state index contributed by atoms with van der Waals surface area (Å²) in [7, 11) is 3.19. The minimum atomic E-state index is -0.782. The zero-order valence-electron chi connectivity index (χ0n) is 17.3. The Kier molecular flexibility index (Phi) is 9.10. The molecule has 3 N–H and O–H groups in total. The van der Waals surface area contributed by atoms with Crippen molar-refractivity contribution in [1.82, 2.24) is 15.5 Å². The van der Waals surface area contributed by atoms with E-state index < -0.39 is 6.10 Å². The summed E-state index contributed by atoms with van der Waals surface area (Å²) in [6.45, 7) is 9.87. The van der Waals surface area contributed by atoms with Gasteiger partial charge in [0, 0.05) is 37.8 Å². The smallest absolute Gasteiger partial charge is 0.191 e. The minimum absolute atomic E-state index is 0.230. The fraction of sp³-hybridized carbons (Fsp3) is 0.571. The van der Waals surface area contributed by atoms with Crippen molar-refractivity contribution in [3.63, 3.8) is 0 Å². The van der Waals surface area contributed by atoms with Crippen LogP contribution in [0.5, 0.6) is 11.5 Å². The average Bonchev–Trinajstić information content (AvgIpc) is 2.73. The lowest BCUT2D eigenvalue weighted by Crippen LogP contribution is -2.48. The first-order valence-corrected chi connectivity index (χ1v) is 9.89. The van der Waals surface area contributed by atoms with Crippen LogP contribution < -0.4 is 20.1 Å². The predicted octanol–water partition coefficient (Wildman–Crippen LogP) is 1.94. The molecule has 7 nitrogen and oxygen atoms in total. The summed E-state index contributed by atoms with van der Waals surface area (Å²) in [5.41, 5.74) is 0.666. The fourth-order valence-corrected chi connectivity index (χ4v) is 3.33. The van der Waals surface area contributed by atoms with Crippen LogP contribution in [0, 0.1) is 0 Å². The minimum Gasteiger partial charge on any atom is -0.497 e. The number of hydrogen-bond acceptors (Lipinski definition) is 5. The van der Waals surface area contributed by atoms with E-state index in [0.717, 1.165) is 45.0 Å². The van der Waals surface area contributed by atoms with Gasteiger partial charge in [0.1, 0.15) is 17.6 Å². The molecule has 1 aromatic carbocycles. The van der Waals surface area contributed by atoms with Gasteiger partial charge in [-0.05, 0) is 38.0 Å². The molecule has 156 valence electrons. The second kappa shape index (κ2) is 11.6. The van der Waals surface area contributed by atoms with Gasteiger partial charge in [-0.1, -0.05) is 6.08 Å². The van der Waals surface area contributed by atoms with Gasteiger partial charge in [0.15, 0.2) is 5.96 Å². The molecule has 0 amide bonds. The van der Waals surface area contributed by atoms with E-state index in [1.807, 2.05) is 19.1 Å². The second-order valence-corrected chi connectivity index (χ2v) is 6.85. The van der Waals surface area contributed by atoms with Crippen molar-refractivity contribution < 1.29 is 14.6 Å². The van der Waals surface area contributed by atoms with Crippen LogP contribution in [-0.2, 0) is 0 Å². The number of nitrogens with one attached hydrogen (secondary N) is 2. The number of nitrogens with zero attached hydrogens (tertiary/aromatic N) is 2. The summed E-state index contributed by atoms with van der Waals surface area (Å²) < 4.78 is 10.6. The van der Waals surface area contributed by atoms with Crippen molar-refractivity contribution in [3.05, 3.63) is 36.4 Å². The highest BCUT2D eigenvalue weighted by Gasteiger charge is 2.20. The average molecular weight is 391 g/mol. The molecular weight excluding hydrogens is 356 g/mol. The van der Waals surface area contributed by atoms with E-state index in [9.17, 15) is 5.11 Å². The predicted molar refractivity (Wildman–Crippen MR) is 113 cm³/mol. The molecule has 0 radical (unpaired) electrons. The molecule has 2 rings (SSSR count). The Bertz CT molecular complexity index is 643. The fourth-order valence-electron chi connectivity index (χ4n) is 3.33. The normalized spacial score (nSPS) is 17.1. The summed E-state index contributed by atoms with van der Waals surface area (Å²) in [6, 6.07) is 5.77. The lowest BCUT2D eigenvalue weighted by Gasteiger charge is -2.32. The second-order valence-electron chi connectivity index (χ2n) is 6.85. The lowest BCUT2D eigenvalue weighted by molar-refractivity contribution is 0.181. The standard InChI is InChI=1S/C21H34N4O3/c1-5-11-25-12-9-16(10-13-25)24-21(22-6-2)23-15-19(26)18-14-17(27-3)7-8-20(18)28-4/h5,7-8,14,16,19,26H,1,6,9-13,15H2,2-4H3,(H2,22,23,24). The van der Waals surface area contributed by atoms with Crippen LogP contribution in [0.1, 0.15) is 31.4 Å². The van der Waals surface area contributed by atoms with E-state index in [1.165, 1.54) is 0 Å². The number of hydrogen-bond donors (Lipinski definition) is 3. The van der Waals surface area contributed by atoms with Gasteiger partial charge in [0.05, 0.1) is 20.8 Å². The number of piperidine rings is 1. The first-order valence-electron chi connectivity index (χ1n) is 9.89. The summed E-state index contributed by atoms with van der Waals surface area (Å²) in [5, 5.41) is 17.4. The van der Waals surface area contributed by atoms with E-state index in [0.29, 0.717) is 23.1 Å². The van der Waals surface area contributed by atoms with Crippen molar-refractivity contribution >= 4 is 5.96 Å². The van der Waals surface area contributed by atoms with Crippen LogP contribution in [0.2, 0.25) is 0 Å². The van der Waals surface area contributed by atoms with Gasteiger partial charge < -0.3 is 25.2 Å². The molecule has 0 saturated carbocycles. The van der Waals surface area contributed by atoms with Gasteiger partial charge in [-0.25, -0.2) is 0 Å². The highest BCUT2D eigenvalue weighted by Crippen LogP contribution is 2.29. The Morgan fingerprint density at radius 2 is 2.11 bits per heavy atom. The number of aliphatic hydroxyl groups is 1. The van der Waals surface area contributed by atoms with E-state index in [2.05, 4.69) is 27.1 Å². The molecule has 1 aliphatic heterocycles. The molecule has 1 unspecified atom stereocenters. The molecular formula is C21H34N4O3. The Labute approximate surface area is 168 Å². The van der Waals surface area contributed by atoms with Gasteiger partial charge in [-0.2, -0.15) is 0 Å². The molecule has 0 aliphatic carbocycles. The van der Waals surface area contributed by atoms with Crippen molar-refractivity contribution in [1.29, 1.82) is 0 Å². The van der Waals surface area contributed by atoms with Crippen molar-refractivity contribution in [2.75, 3.05) is 46.9 Å². The number of ether oxygens (including phenoxy) is 2. The Morgan fingerprint density at radius 1 is 1.36 bits per heavy atom. The van der Waals surface area contributed by atoms with Crippen molar-refractivity contribution in [2.24, 2.45) is 4.99 Å². The molecule has 0 bridgehead atoms. The number of likely N-dealkylation sites (tertiary alicyclic amines) is 1. The monoisotopic (exact) mass is 390 g/mol. The third-order valence-corrected chi connectivity index (χ3v) is 4.88. The third kappa shape index (κ3) is 6.42.